The van der Waals surface area contributed by atoms with E-state index >= 15 is 0 Å². The summed E-state index contributed by atoms with van der Waals surface area (Å²) in [6, 6.07) is 2.10. The smallest absolute Gasteiger partial charge is 0.411 e. The van der Waals surface area contributed by atoms with Gasteiger partial charge in [0.05, 0.1) is 22.8 Å². The van der Waals surface area contributed by atoms with Crippen molar-refractivity contribution in [2.45, 2.75) is 13.8 Å². The largest absolute Gasteiger partial charge is 0.478 e. The Hall–Kier alpha value is -2.64. The summed E-state index contributed by atoms with van der Waals surface area (Å²) in [6.45, 7) is 3.09. The average molecular weight is 268 g/mol. The number of aryl methyl sites for hydroxylation is 1. The number of hydrogen-bond acceptors (Lipinski definition) is 5. The molecule has 0 atom stereocenters. The lowest BCUT2D eigenvalue weighted by Gasteiger charge is -2.10. The van der Waals surface area contributed by atoms with Gasteiger partial charge in [-0.05, 0) is 19.4 Å². The van der Waals surface area contributed by atoms with E-state index in [-0.39, 0.29) is 29.1 Å². The van der Waals surface area contributed by atoms with Crippen LogP contribution in [0.15, 0.2) is 12.1 Å². The number of aromatic carboxylic acids is 1. The molecule has 0 fully saturated rings. The molecule has 2 N–H and O–H groups in total. The van der Waals surface area contributed by atoms with E-state index in [1.165, 1.54) is 6.92 Å². The maximum atomic E-state index is 11.3. The Bertz CT molecular complexity index is 540. The Morgan fingerprint density at radius 1 is 1.47 bits per heavy atom. The number of nitrogens with one attached hydrogen (secondary N) is 1. The third kappa shape index (κ3) is 3.41. The molecule has 1 rings (SSSR count). The Morgan fingerprint density at radius 3 is 2.58 bits per heavy atom. The summed E-state index contributed by atoms with van der Waals surface area (Å²) in [6.07, 6.45) is -0.870. The lowest BCUT2D eigenvalue weighted by atomic mass is 10.1. The molecule has 0 unspecified atom stereocenters. The van der Waals surface area contributed by atoms with Gasteiger partial charge < -0.3 is 9.84 Å². The van der Waals surface area contributed by atoms with Gasteiger partial charge in [-0.1, -0.05) is 0 Å². The maximum Gasteiger partial charge on any atom is 0.411 e. The van der Waals surface area contributed by atoms with Crippen LogP contribution in [-0.2, 0) is 4.74 Å². The number of carbonyl (C=O) groups is 2. The Balaban J connectivity index is 3.28. The molecule has 0 spiro atoms. The van der Waals surface area contributed by atoms with Gasteiger partial charge in [-0.3, -0.25) is 15.4 Å². The molecule has 1 aromatic rings. The van der Waals surface area contributed by atoms with Crippen molar-refractivity contribution < 1.29 is 24.4 Å². The van der Waals surface area contributed by atoms with Gasteiger partial charge in [0.1, 0.15) is 0 Å². The lowest BCUT2D eigenvalue weighted by molar-refractivity contribution is -0.384. The highest BCUT2D eigenvalue weighted by molar-refractivity contribution is 6.00. The fourth-order valence-electron chi connectivity index (χ4n) is 1.53. The number of hydrogen-bond donors (Lipinski definition) is 2. The van der Waals surface area contributed by atoms with Crippen molar-refractivity contribution in [3.05, 3.63) is 33.4 Å². The summed E-state index contributed by atoms with van der Waals surface area (Å²) >= 11 is 0. The van der Waals surface area contributed by atoms with Crippen LogP contribution < -0.4 is 5.32 Å². The molecule has 102 valence electrons. The van der Waals surface area contributed by atoms with Crippen LogP contribution in [0.2, 0.25) is 0 Å². The van der Waals surface area contributed by atoms with Gasteiger partial charge in [0.25, 0.3) is 5.69 Å². The van der Waals surface area contributed by atoms with Crippen LogP contribution >= 0.6 is 0 Å². The first-order chi connectivity index (χ1) is 8.86. The molecule has 0 radical (unpaired) electrons. The van der Waals surface area contributed by atoms with Crippen molar-refractivity contribution in [3.63, 3.8) is 0 Å². The molecule has 8 heteroatoms. The predicted molar refractivity (Wildman–Crippen MR) is 65.4 cm³/mol. The lowest BCUT2D eigenvalue weighted by Crippen LogP contribution is -2.17. The summed E-state index contributed by atoms with van der Waals surface area (Å²) in [5, 5.41) is 22.0. The summed E-state index contributed by atoms with van der Waals surface area (Å²) in [5.41, 5.74) is -0.515. The van der Waals surface area contributed by atoms with E-state index in [0.29, 0.717) is 0 Å². The van der Waals surface area contributed by atoms with Gasteiger partial charge in [0, 0.05) is 12.1 Å². The first kappa shape index (κ1) is 14.4. The number of carboxylic acid groups (broad SMARTS) is 1. The monoisotopic (exact) mass is 268 g/mol. The third-order valence-corrected chi connectivity index (χ3v) is 2.26. The van der Waals surface area contributed by atoms with Crippen LogP contribution in [0.25, 0.3) is 0 Å². The fraction of sp³-hybridized carbons (Fsp3) is 0.273. The van der Waals surface area contributed by atoms with Gasteiger partial charge in [0.2, 0.25) is 0 Å². The molecule has 1 amide bonds. The number of benzene rings is 1. The molecule has 19 heavy (non-hydrogen) atoms. The number of nitro groups is 1. The van der Waals surface area contributed by atoms with Gasteiger partial charge >= 0.3 is 12.1 Å². The Labute approximate surface area is 108 Å². The predicted octanol–water partition coefficient (Wildman–Crippen LogP) is 2.17. The Kier molecular flexibility index (Phi) is 4.41. The second-order valence-electron chi connectivity index (χ2n) is 3.59. The second-order valence-corrected chi connectivity index (χ2v) is 3.59. The summed E-state index contributed by atoms with van der Waals surface area (Å²) < 4.78 is 4.61. The van der Waals surface area contributed by atoms with E-state index in [1.54, 1.807) is 6.92 Å². The summed E-state index contributed by atoms with van der Waals surface area (Å²) in [5.74, 6) is -1.29. The van der Waals surface area contributed by atoms with Crippen molar-refractivity contribution in [2.75, 3.05) is 11.9 Å². The first-order valence-corrected chi connectivity index (χ1v) is 5.33. The van der Waals surface area contributed by atoms with E-state index in [4.69, 9.17) is 5.11 Å². The zero-order valence-corrected chi connectivity index (χ0v) is 10.3. The van der Waals surface area contributed by atoms with E-state index < -0.39 is 17.0 Å². The molecular weight excluding hydrogens is 256 g/mol. The standard InChI is InChI=1S/C11H12N2O6/c1-3-19-11(16)12-8-5-7(13(17)18)4-6(2)9(8)10(14)15/h4-5H,3H2,1-2H3,(H,12,16)(H,14,15). The van der Waals surface area contributed by atoms with Crippen molar-refractivity contribution in [1.29, 1.82) is 0 Å². The Morgan fingerprint density at radius 2 is 2.11 bits per heavy atom. The maximum absolute atomic E-state index is 11.3. The molecular formula is C11H12N2O6. The summed E-state index contributed by atoms with van der Waals surface area (Å²) in [7, 11) is 0. The summed E-state index contributed by atoms with van der Waals surface area (Å²) in [4.78, 5) is 32.4. The van der Waals surface area contributed by atoms with E-state index in [0.717, 1.165) is 12.1 Å². The van der Waals surface area contributed by atoms with Gasteiger partial charge in [-0.15, -0.1) is 0 Å². The van der Waals surface area contributed by atoms with Gasteiger partial charge in [0.15, 0.2) is 0 Å². The molecule has 1 aromatic carbocycles. The van der Waals surface area contributed by atoms with Crippen LogP contribution in [0.5, 0.6) is 0 Å². The number of nitro benzene ring substituents is 1. The SMILES string of the molecule is CCOC(=O)Nc1cc([N+](=O)[O-])cc(C)c1C(=O)O. The van der Waals surface area contributed by atoms with Crippen LogP contribution in [0.1, 0.15) is 22.8 Å². The average Bonchev–Trinajstić information content (AvgIpc) is 2.27. The zero-order valence-electron chi connectivity index (χ0n) is 10.3. The van der Waals surface area contributed by atoms with Crippen molar-refractivity contribution in [2.24, 2.45) is 0 Å². The highest BCUT2D eigenvalue weighted by Gasteiger charge is 2.20. The first-order valence-electron chi connectivity index (χ1n) is 5.33. The molecule has 0 saturated carbocycles. The minimum absolute atomic E-state index is 0.0994. The van der Waals surface area contributed by atoms with Gasteiger partial charge in [-0.2, -0.15) is 0 Å². The quantitative estimate of drug-likeness (QED) is 0.638. The van der Waals surface area contributed by atoms with Crippen LogP contribution in [0.4, 0.5) is 16.2 Å². The zero-order chi connectivity index (χ0) is 14.6. The van der Waals surface area contributed by atoms with Gasteiger partial charge in [-0.25, -0.2) is 9.59 Å². The molecule has 0 saturated heterocycles. The molecule has 0 aliphatic heterocycles. The fourth-order valence-corrected chi connectivity index (χ4v) is 1.53. The third-order valence-electron chi connectivity index (χ3n) is 2.26. The van der Waals surface area contributed by atoms with Crippen molar-refractivity contribution in [3.8, 4) is 0 Å². The van der Waals surface area contributed by atoms with E-state index in [9.17, 15) is 19.7 Å². The number of amides is 1. The highest BCUT2D eigenvalue weighted by atomic mass is 16.6. The minimum Gasteiger partial charge on any atom is -0.478 e. The highest BCUT2D eigenvalue weighted by Crippen LogP contribution is 2.26. The molecule has 0 bridgehead atoms. The van der Waals surface area contributed by atoms with Crippen LogP contribution in [-0.4, -0.2) is 28.7 Å². The van der Waals surface area contributed by atoms with Crippen LogP contribution in [0.3, 0.4) is 0 Å². The number of non-ortho nitro benzene ring substituents is 1. The van der Waals surface area contributed by atoms with E-state index in [1.807, 2.05) is 0 Å². The van der Waals surface area contributed by atoms with Crippen LogP contribution in [0, 0.1) is 17.0 Å². The number of rotatable bonds is 4. The topological polar surface area (TPSA) is 119 Å². The number of nitrogens with zero attached hydrogens (tertiary/aromatic N) is 1. The number of carbonyl (C=O) groups excluding carboxylic acids is 1. The molecule has 0 aliphatic rings. The normalized spacial score (nSPS) is 9.79. The molecule has 0 heterocycles. The number of ether oxygens (including phenoxy) is 1. The molecule has 8 nitrogen and oxygen atoms in total. The van der Waals surface area contributed by atoms with Crippen molar-refractivity contribution >= 4 is 23.4 Å². The minimum atomic E-state index is -1.29. The second kappa shape index (κ2) is 5.80. The van der Waals surface area contributed by atoms with Crippen molar-refractivity contribution in [1.82, 2.24) is 0 Å². The molecule has 0 aliphatic carbocycles. The van der Waals surface area contributed by atoms with E-state index in [2.05, 4.69) is 10.1 Å². The number of carboxylic acids is 1. The molecule has 0 aromatic heterocycles. The number of anilines is 1.